The Bertz CT molecular complexity index is 994. The molecule has 0 atom stereocenters. The van der Waals surface area contributed by atoms with Crippen molar-refractivity contribution in [2.75, 3.05) is 5.32 Å². The van der Waals surface area contributed by atoms with E-state index in [0.29, 0.717) is 11.6 Å². The molecule has 0 bridgehead atoms. The van der Waals surface area contributed by atoms with E-state index in [1.54, 1.807) is 9.13 Å². The zero-order chi connectivity index (χ0) is 18.0. The van der Waals surface area contributed by atoms with Crippen LogP contribution in [0.1, 0.15) is 13.3 Å². The Morgan fingerprint density at radius 3 is 2.52 bits per heavy atom. The summed E-state index contributed by atoms with van der Waals surface area (Å²) in [6.07, 6.45) is 0.0452. The van der Waals surface area contributed by atoms with Gasteiger partial charge in [0.1, 0.15) is 5.82 Å². The van der Waals surface area contributed by atoms with Gasteiger partial charge in [0.05, 0.1) is 16.7 Å². The van der Waals surface area contributed by atoms with Crippen LogP contribution in [-0.2, 0) is 17.9 Å². The molecule has 25 heavy (non-hydrogen) atoms. The van der Waals surface area contributed by atoms with Gasteiger partial charge in [-0.05, 0) is 37.3 Å². The molecule has 5 nitrogen and oxygen atoms in total. The highest BCUT2D eigenvalue weighted by Crippen LogP contribution is 2.20. The number of rotatable bonds is 5. The van der Waals surface area contributed by atoms with E-state index < -0.39 is 5.82 Å². The van der Waals surface area contributed by atoms with Gasteiger partial charge in [0.2, 0.25) is 5.91 Å². The molecular weight excluding hydrogens is 345 g/mol. The summed E-state index contributed by atoms with van der Waals surface area (Å²) in [4.78, 5) is 24.6. The zero-order valence-electron chi connectivity index (χ0n) is 13.6. The highest BCUT2D eigenvalue weighted by molar-refractivity contribution is 6.30. The largest absolute Gasteiger partial charge is 0.329 e. The SMILES string of the molecule is CCn1c(=O)n(CCC(=O)Nc2cc(Cl)ccc2F)c2ccccc21. The number of nitrogens with zero attached hydrogens (tertiary/aromatic N) is 2. The monoisotopic (exact) mass is 361 g/mol. The first kappa shape index (κ1) is 17.2. The van der Waals surface area contributed by atoms with E-state index in [1.807, 2.05) is 31.2 Å². The van der Waals surface area contributed by atoms with Gasteiger partial charge in [-0.1, -0.05) is 23.7 Å². The predicted octanol–water partition coefficient (Wildman–Crippen LogP) is 3.64. The van der Waals surface area contributed by atoms with Gasteiger partial charge in [-0.3, -0.25) is 13.9 Å². The summed E-state index contributed by atoms with van der Waals surface area (Å²) in [6, 6.07) is 11.4. The number of aryl methyl sites for hydroxylation is 2. The number of anilines is 1. The van der Waals surface area contributed by atoms with Crippen molar-refractivity contribution in [3.63, 3.8) is 0 Å². The first-order valence-electron chi connectivity index (χ1n) is 7.94. The fraction of sp³-hybridized carbons (Fsp3) is 0.222. The molecular formula is C18H17ClFN3O2. The third-order valence-corrected chi connectivity index (χ3v) is 4.24. The molecule has 1 aromatic heterocycles. The number of fused-ring (bicyclic) bond motifs is 1. The number of imidazole rings is 1. The molecule has 1 heterocycles. The van der Waals surface area contributed by atoms with E-state index in [9.17, 15) is 14.0 Å². The van der Waals surface area contributed by atoms with E-state index in [0.717, 1.165) is 11.0 Å². The van der Waals surface area contributed by atoms with Gasteiger partial charge in [-0.15, -0.1) is 0 Å². The fourth-order valence-corrected chi connectivity index (χ4v) is 2.99. The minimum Gasteiger partial charge on any atom is -0.323 e. The van der Waals surface area contributed by atoms with Crippen molar-refractivity contribution in [3.05, 3.63) is 63.8 Å². The summed E-state index contributed by atoms with van der Waals surface area (Å²) in [5, 5.41) is 2.82. The lowest BCUT2D eigenvalue weighted by Gasteiger charge is -2.07. The maximum atomic E-state index is 13.7. The Labute approximate surface area is 148 Å². The van der Waals surface area contributed by atoms with Crippen LogP contribution in [0.5, 0.6) is 0 Å². The predicted molar refractivity (Wildman–Crippen MR) is 96.5 cm³/mol. The van der Waals surface area contributed by atoms with Crippen molar-refractivity contribution in [2.45, 2.75) is 26.4 Å². The van der Waals surface area contributed by atoms with Crippen molar-refractivity contribution in [3.8, 4) is 0 Å². The average Bonchev–Trinajstić information content (AvgIpc) is 2.87. The summed E-state index contributed by atoms with van der Waals surface area (Å²) >= 11 is 5.81. The standard InChI is InChI=1S/C18H17ClFN3O2/c1-2-22-15-5-3-4-6-16(15)23(18(22)25)10-9-17(24)21-14-11-12(19)7-8-13(14)20/h3-8,11H,2,9-10H2,1H3,(H,21,24). The van der Waals surface area contributed by atoms with Gasteiger partial charge in [-0.25, -0.2) is 9.18 Å². The van der Waals surface area contributed by atoms with Crippen LogP contribution in [0.25, 0.3) is 11.0 Å². The first-order valence-corrected chi connectivity index (χ1v) is 8.32. The topological polar surface area (TPSA) is 56.0 Å². The highest BCUT2D eigenvalue weighted by Gasteiger charge is 2.13. The number of halogens is 2. The molecule has 0 radical (unpaired) electrons. The molecule has 3 rings (SSSR count). The number of amides is 1. The maximum Gasteiger partial charge on any atom is 0.329 e. The third-order valence-electron chi connectivity index (χ3n) is 4.01. The second-order valence-electron chi connectivity index (χ2n) is 5.59. The Morgan fingerprint density at radius 2 is 1.84 bits per heavy atom. The molecule has 2 aromatic carbocycles. The molecule has 0 aliphatic rings. The van der Waals surface area contributed by atoms with Crippen LogP contribution in [0, 0.1) is 5.82 Å². The molecule has 3 aromatic rings. The number of para-hydroxylation sites is 2. The number of hydrogen-bond acceptors (Lipinski definition) is 2. The number of hydrogen-bond donors (Lipinski definition) is 1. The van der Waals surface area contributed by atoms with Gasteiger partial charge < -0.3 is 5.32 Å². The Balaban J connectivity index is 1.79. The molecule has 0 unspecified atom stereocenters. The first-order chi connectivity index (χ1) is 12.0. The van der Waals surface area contributed by atoms with E-state index in [2.05, 4.69) is 5.32 Å². The van der Waals surface area contributed by atoms with Crippen LogP contribution in [0.2, 0.25) is 5.02 Å². The Hall–Kier alpha value is -2.60. The molecule has 0 spiro atoms. The van der Waals surface area contributed by atoms with E-state index in [-0.39, 0.29) is 30.2 Å². The van der Waals surface area contributed by atoms with Gasteiger partial charge in [-0.2, -0.15) is 0 Å². The van der Waals surface area contributed by atoms with Crippen molar-refractivity contribution in [1.82, 2.24) is 9.13 Å². The summed E-state index contributed by atoms with van der Waals surface area (Å²) < 4.78 is 16.9. The summed E-state index contributed by atoms with van der Waals surface area (Å²) in [6.45, 7) is 2.65. The van der Waals surface area contributed by atoms with Crippen molar-refractivity contribution in [2.24, 2.45) is 0 Å². The Morgan fingerprint density at radius 1 is 1.16 bits per heavy atom. The highest BCUT2D eigenvalue weighted by atomic mass is 35.5. The van der Waals surface area contributed by atoms with Crippen LogP contribution in [0.4, 0.5) is 10.1 Å². The van der Waals surface area contributed by atoms with Gasteiger partial charge >= 0.3 is 5.69 Å². The summed E-state index contributed by atoms with van der Waals surface area (Å²) in [5.74, 6) is -0.945. The molecule has 0 aliphatic heterocycles. The van der Waals surface area contributed by atoms with Crippen LogP contribution in [-0.4, -0.2) is 15.0 Å². The number of benzene rings is 2. The quantitative estimate of drug-likeness (QED) is 0.754. The summed E-state index contributed by atoms with van der Waals surface area (Å²) in [5.41, 5.74) is 1.47. The molecule has 1 amide bonds. The van der Waals surface area contributed by atoms with E-state index >= 15 is 0 Å². The normalized spacial score (nSPS) is 11.0. The van der Waals surface area contributed by atoms with Crippen molar-refractivity contribution >= 4 is 34.2 Å². The minimum atomic E-state index is -0.558. The zero-order valence-corrected chi connectivity index (χ0v) is 14.4. The minimum absolute atomic E-state index is 0.0285. The van der Waals surface area contributed by atoms with E-state index in [1.165, 1.54) is 18.2 Å². The second-order valence-corrected chi connectivity index (χ2v) is 6.03. The number of aromatic nitrogens is 2. The second kappa shape index (κ2) is 7.11. The van der Waals surface area contributed by atoms with Crippen molar-refractivity contribution < 1.29 is 9.18 Å². The lowest BCUT2D eigenvalue weighted by molar-refractivity contribution is -0.116. The number of carbonyl (C=O) groups excluding carboxylic acids is 1. The van der Waals surface area contributed by atoms with Crippen LogP contribution in [0.15, 0.2) is 47.3 Å². The smallest absolute Gasteiger partial charge is 0.323 e. The molecule has 0 fully saturated rings. The molecule has 0 aliphatic carbocycles. The molecule has 0 saturated heterocycles. The maximum absolute atomic E-state index is 13.7. The fourth-order valence-electron chi connectivity index (χ4n) is 2.81. The number of carbonyl (C=O) groups is 1. The van der Waals surface area contributed by atoms with Crippen LogP contribution in [0.3, 0.4) is 0 Å². The number of nitrogens with one attached hydrogen (secondary N) is 1. The third kappa shape index (κ3) is 3.44. The lowest BCUT2D eigenvalue weighted by atomic mass is 10.3. The van der Waals surface area contributed by atoms with E-state index in [4.69, 9.17) is 11.6 Å². The van der Waals surface area contributed by atoms with Gasteiger partial charge in [0, 0.05) is 24.5 Å². The van der Waals surface area contributed by atoms with Gasteiger partial charge in [0.15, 0.2) is 0 Å². The van der Waals surface area contributed by atoms with Crippen LogP contribution < -0.4 is 11.0 Å². The average molecular weight is 362 g/mol. The lowest BCUT2D eigenvalue weighted by Crippen LogP contribution is -2.25. The molecule has 130 valence electrons. The Kier molecular flexibility index (Phi) is 4.90. The van der Waals surface area contributed by atoms with Gasteiger partial charge in [0.25, 0.3) is 0 Å². The molecule has 0 saturated carbocycles. The summed E-state index contributed by atoms with van der Waals surface area (Å²) in [7, 11) is 0. The molecule has 7 heteroatoms. The van der Waals surface area contributed by atoms with Crippen molar-refractivity contribution in [1.29, 1.82) is 0 Å². The van der Waals surface area contributed by atoms with Crippen LogP contribution >= 0.6 is 11.6 Å². The molecule has 1 N–H and O–H groups in total.